The van der Waals surface area contributed by atoms with Crippen molar-refractivity contribution >= 4 is 50.3 Å². The number of halogens is 1. The molecule has 0 aliphatic carbocycles. The van der Waals surface area contributed by atoms with Crippen molar-refractivity contribution in [2.75, 3.05) is 26.3 Å². The molecule has 8 atom stereocenters. The third kappa shape index (κ3) is 11.3. The van der Waals surface area contributed by atoms with Gasteiger partial charge >= 0.3 is 12.1 Å². The fraction of sp³-hybridized carbons (Fsp3) is 0.455. The number of aromatic nitrogens is 8. The van der Waals surface area contributed by atoms with E-state index >= 15 is 0 Å². The van der Waals surface area contributed by atoms with Crippen LogP contribution in [0.5, 0.6) is 0 Å². The Labute approximate surface area is 401 Å². The van der Waals surface area contributed by atoms with Crippen molar-refractivity contribution in [1.29, 1.82) is 0 Å². The predicted molar refractivity (Wildman–Crippen MR) is 252 cm³/mol. The number of nitrogens with one attached hydrogen (secondary N) is 2. The molecule has 24 nitrogen and oxygen atoms in total. The number of benzene rings is 2. The number of imidazole rings is 2. The first kappa shape index (κ1) is 49.8. The molecule has 2 unspecified atom stereocenters. The van der Waals surface area contributed by atoms with Crippen LogP contribution in [-0.2, 0) is 41.4 Å². The van der Waals surface area contributed by atoms with Crippen LogP contribution in [0.1, 0.15) is 61.9 Å². The molecule has 4 aromatic heterocycles. The van der Waals surface area contributed by atoms with Gasteiger partial charge in [-0.1, -0.05) is 94.2 Å². The third-order valence-electron chi connectivity index (χ3n) is 11.5. The Morgan fingerprint density at radius 3 is 1.90 bits per heavy atom. The lowest BCUT2D eigenvalue weighted by atomic mass is 10.1. The van der Waals surface area contributed by atoms with Crippen LogP contribution >= 0.6 is 15.9 Å². The van der Waals surface area contributed by atoms with E-state index < -0.39 is 59.8 Å². The molecule has 1 amide bonds. The highest BCUT2D eigenvalue weighted by Gasteiger charge is 2.57. The Morgan fingerprint density at radius 1 is 0.812 bits per heavy atom. The summed E-state index contributed by atoms with van der Waals surface area (Å²) in [5, 5.41) is 7.24. The molecule has 4 aliphatic rings. The summed E-state index contributed by atoms with van der Waals surface area (Å²) in [5.74, 6) is 0.445. The fourth-order valence-electron chi connectivity index (χ4n) is 8.34. The molecule has 362 valence electrons. The van der Waals surface area contributed by atoms with E-state index in [4.69, 9.17) is 34.7 Å². The van der Waals surface area contributed by atoms with Gasteiger partial charge in [0.25, 0.3) is 11.1 Å². The van der Waals surface area contributed by atoms with Gasteiger partial charge in [-0.3, -0.25) is 28.4 Å². The molecule has 6 aromatic rings. The van der Waals surface area contributed by atoms with Gasteiger partial charge in [0, 0.05) is 36.0 Å². The normalized spacial score (nSPS) is 23.3. The van der Waals surface area contributed by atoms with Gasteiger partial charge in [0.2, 0.25) is 0 Å². The summed E-state index contributed by atoms with van der Waals surface area (Å²) in [4.78, 5) is 78.8. The smallest absolute Gasteiger partial charge is 0.411 e. The molecule has 0 saturated carbocycles. The van der Waals surface area contributed by atoms with E-state index in [0.717, 1.165) is 24.3 Å². The highest BCUT2D eigenvalue weighted by molar-refractivity contribution is 9.09. The number of amides is 1. The van der Waals surface area contributed by atoms with Crippen molar-refractivity contribution in [3.05, 3.63) is 138 Å². The summed E-state index contributed by atoms with van der Waals surface area (Å²) in [6.45, 7) is 5.71. The van der Waals surface area contributed by atoms with Crippen LogP contribution in [-0.4, -0.2) is 118 Å². The molecule has 0 radical (unpaired) electrons. The molecule has 69 heavy (non-hydrogen) atoms. The first-order valence-electron chi connectivity index (χ1n) is 21.7. The van der Waals surface area contributed by atoms with E-state index in [-0.39, 0.29) is 49.1 Å². The van der Waals surface area contributed by atoms with Crippen LogP contribution in [0.2, 0.25) is 0 Å². The minimum atomic E-state index is -0.808. The molecule has 2 aromatic carbocycles. The zero-order chi connectivity index (χ0) is 47.7. The number of carbonyl (C=O) groups is 2. The second-order valence-corrected chi connectivity index (χ2v) is 17.1. The van der Waals surface area contributed by atoms with Crippen molar-refractivity contribution < 1.29 is 33.3 Å². The van der Waals surface area contributed by atoms with Crippen molar-refractivity contribution in [2.45, 2.75) is 101 Å². The Kier molecular flexibility index (Phi) is 16.4. The number of aryl methyl sites for hydroxylation is 3. The minimum absolute atomic E-state index is 0. The number of esters is 1. The number of hydrogen-bond acceptors (Lipinski definition) is 15. The Bertz CT molecular complexity index is 2940. The lowest BCUT2D eigenvalue weighted by Gasteiger charge is -2.24. The lowest BCUT2D eigenvalue weighted by molar-refractivity contribution is -0.154. The van der Waals surface area contributed by atoms with Crippen LogP contribution in [0.3, 0.4) is 0 Å². The molecule has 2 N–H and O–H groups in total. The number of carbonyl (C=O) groups excluding carboxylic acids is 2. The van der Waals surface area contributed by atoms with Crippen LogP contribution in [0.4, 0.5) is 4.79 Å². The summed E-state index contributed by atoms with van der Waals surface area (Å²) in [6.07, 6.45) is 1.51. The number of alkyl halides is 1. The molecule has 4 saturated heterocycles. The molecule has 10 rings (SSSR count). The fourth-order valence-corrected chi connectivity index (χ4v) is 9.00. The minimum Gasteiger partial charge on any atom is -0.456 e. The average Bonchev–Trinajstić information content (AvgIpc) is 4.22. The van der Waals surface area contributed by atoms with Crippen molar-refractivity contribution in [3.8, 4) is 0 Å². The quantitative estimate of drug-likeness (QED) is 0.0441. The number of nitrogens with zero attached hydrogens (tertiary/aromatic N) is 13. The van der Waals surface area contributed by atoms with E-state index in [2.05, 4.69) is 65.9 Å². The highest BCUT2D eigenvalue weighted by Crippen LogP contribution is 2.41. The second-order valence-electron chi connectivity index (χ2n) is 16.1. The molecular formula is C44H50BrN15O9. The molecule has 4 aliphatic heterocycles. The highest BCUT2D eigenvalue weighted by atomic mass is 79.9. The summed E-state index contributed by atoms with van der Waals surface area (Å²) in [5.41, 5.74) is 19.7. The number of azide groups is 2. The van der Waals surface area contributed by atoms with Gasteiger partial charge in [-0.2, -0.15) is 0 Å². The van der Waals surface area contributed by atoms with Gasteiger partial charge in [0.1, 0.15) is 17.7 Å². The van der Waals surface area contributed by atoms with E-state index in [0.29, 0.717) is 35.9 Å². The van der Waals surface area contributed by atoms with E-state index in [1.54, 1.807) is 27.9 Å². The van der Waals surface area contributed by atoms with E-state index in [1.165, 1.54) is 25.5 Å². The second kappa shape index (κ2) is 22.8. The zero-order valence-corrected chi connectivity index (χ0v) is 38.4. The number of rotatable bonds is 12. The number of hydrogen-bond donors (Lipinski definition) is 2. The van der Waals surface area contributed by atoms with E-state index in [9.17, 15) is 19.2 Å². The Morgan fingerprint density at radius 2 is 1.35 bits per heavy atom. The largest absolute Gasteiger partial charge is 0.456 e. The van der Waals surface area contributed by atoms with Crippen molar-refractivity contribution in [1.82, 2.24) is 43.9 Å². The molecule has 0 bridgehead atoms. The lowest BCUT2D eigenvalue weighted by Crippen LogP contribution is -2.42. The molecule has 0 spiro atoms. The van der Waals surface area contributed by atoms with Crippen LogP contribution in [0.15, 0.2) is 93.1 Å². The maximum absolute atomic E-state index is 12.7. The van der Waals surface area contributed by atoms with Crippen molar-refractivity contribution in [3.63, 3.8) is 0 Å². The average molecular weight is 1010 g/mol. The number of ether oxygens (including phenoxy) is 5. The zero-order valence-electron chi connectivity index (χ0n) is 36.8. The number of H-pyrrole nitrogens is 2. The van der Waals surface area contributed by atoms with Gasteiger partial charge in [0.05, 0.1) is 42.8 Å². The van der Waals surface area contributed by atoms with Gasteiger partial charge < -0.3 is 33.7 Å². The van der Waals surface area contributed by atoms with Crippen molar-refractivity contribution in [2.24, 2.45) is 10.2 Å². The Balaban J connectivity index is 0.000000182. The maximum atomic E-state index is 12.7. The van der Waals surface area contributed by atoms with Crippen LogP contribution < -0.4 is 11.1 Å². The van der Waals surface area contributed by atoms with Crippen LogP contribution in [0, 0.1) is 13.8 Å². The standard InChI is InChI=1S/C20H20BrN7O4.C19H18N8O4.C4H8O.CH4/c1-11-25-18-16(19(30)26-11)23-10-28(18)20-17(15(21)13(31-20)9-24-27-22)32-14(29)8-7-12-5-3-2-4-6-12;1-10-23-16-13(17(28)24-10)21-9-27(16)18-15-14(12(30-18)7-22-25-20)26(19(29)31-15)8-11-5-3-2-4-6-11;1-2-4-5-3-1;/h2-6,10,13,15,17,20H,7-9H2,1H3,(H,25,26,30);2-6,9,12,14-15,18H,7-8H2,1H3,(H,23,24,28);1-4H2;1H4/t13-,15?,17+,20-;12-,14?,15+,18-;;/m11../s1. The van der Waals surface area contributed by atoms with Gasteiger partial charge in [-0.05, 0) is 55.3 Å². The molecule has 4 fully saturated rings. The van der Waals surface area contributed by atoms with Gasteiger partial charge in [-0.25, -0.2) is 24.7 Å². The first-order valence-corrected chi connectivity index (χ1v) is 22.6. The monoisotopic (exact) mass is 1010 g/mol. The predicted octanol–water partition coefficient (Wildman–Crippen LogP) is 6.40. The first-order chi connectivity index (χ1) is 33.0. The van der Waals surface area contributed by atoms with Crippen LogP contribution in [0.25, 0.3) is 43.2 Å². The molecule has 8 heterocycles. The van der Waals surface area contributed by atoms with Gasteiger partial charge in [0.15, 0.2) is 47.0 Å². The summed E-state index contributed by atoms with van der Waals surface area (Å²) >= 11 is 3.54. The van der Waals surface area contributed by atoms with Gasteiger partial charge in [-0.15, -0.1) is 0 Å². The molecule has 25 heteroatoms. The summed E-state index contributed by atoms with van der Waals surface area (Å²) < 4.78 is 31.8. The SMILES string of the molecule is C.C1CCOC1.Cc1nc2c(ncn2[C@@H]2O[C@H](CN=[N+]=[N-])C(Br)[C@@H]2OC(=O)CCc2ccccc2)c(=O)[nH]1.Cc1nc2c(ncn2[C@@H]2O[C@H](CN=[N+]=[N-])C3[C@@H]2OC(=O)N3Cc2ccccc2)c(=O)[nH]1. The number of fused-ring (bicyclic) bond motifs is 3. The maximum Gasteiger partial charge on any atom is 0.411 e. The number of aromatic amines is 2. The third-order valence-corrected chi connectivity index (χ3v) is 12.6. The molecular weight excluding hydrogens is 962 g/mol. The Hall–Kier alpha value is -7.14. The summed E-state index contributed by atoms with van der Waals surface area (Å²) in [6, 6.07) is 18.7. The van der Waals surface area contributed by atoms with E-state index in [1.807, 2.05) is 60.7 Å². The topological polar surface area (TPSA) is 308 Å². The summed E-state index contributed by atoms with van der Waals surface area (Å²) in [7, 11) is 0.